The van der Waals surface area contributed by atoms with Crippen LogP contribution in [0.4, 0.5) is 0 Å². The van der Waals surface area contributed by atoms with Gasteiger partial charge in [-0.25, -0.2) is 0 Å². The monoisotopic (exact) mass is 261 g/mol. The number of halogens is 1. The van der Waals surface area contributed by atoms with Gasteiger partial charge < -0.3 is 0 Å². The number of nitrogens with zero attached hydrogens (tertiary/aromatic N) is 1. The fraction of sp³-hybridized carbons (Fsp3) is 0.308. The molecule has 0 N–H and O–H groups in total. The van der Waals surface area contributed by atoms with Gasteiger partial charge in [-0.15, -0.1) is 0 Å². The standard InChI is InChI=1S/C13H12BrN/c1-8-4-10-6-9-2-3-11(14)7-13(9)15-12(10)5-8/h2-3,6-8H,4-5H2,1H3/t8-/m1/s1. The van der Waals surface area contributed by atoms with Crippen LogP contribution in [0.2, 0.25) is 0 Å². The van der Waals surface area contributed by atoms with Gasteiger partial charge >= 0.3 is 0 Å². The molecule has 0 saturated carbocycles. The predicted octanol–water partition coefficient (Wildman–Crippen LogP) is 3.73. The molecule has 0 saturated heterocycles. The highest BCUT2D eigenvalue weighted by molar-refractivity contribution is 9.10. The molecule has 2 heteroatoms. The molecule has 1 nitrogen and oxygen atoms in total. The molecule has 1 atom stereocenters. The maximum atomic E-state index is 4.74. The Bertz CT molecular complexity index is 533. The Morgan fingerprint density at radius 3 is 3.00 bits per heavy atom. The number of fused-ring (bicyclic) bond motifs is 2. The second kappa shape index (κ2) is 3.31. The molecule has 1 aromatic heterocycles. The average Bonchev–Trinajstić information content (AvgIpc) is 2.53. The number of pyridine rings is 1. The Balaban J connectivity index is 2.25. The van der Waals surface area contributed by atoms with Crippen molar-refractivity contribution in [2.45, 2.75) is 19.8 Å². The van der Waals surface area contributed by atoms with Gasteiger partial charge in [0.15, 0.2) is 0 Å². The zero-order valence-electron chi connectivity index (χ0n) is 8.63. The summed E-state index contributed by atoms with van der Waals surface area (Å²) in [4.78, 5) is 4.74. The number of benzene rings is 1. The van der Waals surface area contributed by atoms with Gasteiger partial charge in [0.25, 0.3) is 0 Å². The summed E-state index contributed by atoms with van der Waals surface area (Å²) in [6, 6.07) is 8.61. The van der Waals surface area contributed by atoms with Gasteiger partial charge in [-0.2, -0.15) is 0 Å². The SMILES string of the molecule is C[C@@H]1Cc2cc3ccc(Br)cc3nc2C1. The quantitative estimate of drug-likeness (QED) is 0.704. The Morgan fingerprint density at radius 1 is 1.27 bits per heavy atom. The normalized spacial score (nSPS) is 19.5. The Kier molecular flexibility index (Phi) is 2.06. The Morgan fingerprint density at radius 2 is 2.13 bits per heavy atom. The summed E-state index contributed by atoms with van der Waals surface area (Å²) in [6.45, 7) is 2.29. The smallest absolute Gasteiger partial charge is 0.0716 e. The second-order valence-corrected chi connectivity index (χ2v) is 5.36. The van der Waals surface area contributed by atoms with Gasteiger partial charge in [0.2, 0.25) is 0 Å². The van der Waals surface area contributed by atoms with Gasteiger partial charge in [0.05, 0.1) is 5.52 Å². The lowest BCUT2D eigenvalue weighted by Gasteiger charge is -2.02. The van der Waals surface area contributed by atoms with E-state index in [0.29, 0.717) is 0 Å². The molecule has 0 amide bonds. The van der Waals surface area contributed by atoms with Crippen LogP contribution < -0.4 is 0 Å². The average molecular weight is 262 g/mol. The van der Waals surface area contributed by atoms with E-state index in [4.69, 9.17) is 4.98 Å². The molecule has 2 aromatic rings. The molecule has 15 heavy (non-hydrogen) atoms. The van der Waals surface area contributed by atoms with Gasteiger partial charge in [-0.05, 0) is 42.5 Å². The highest BCUT2D eigenvalue weighted by Crippen LogP contribution is 2.28. The highest BCUT2D eigenvalue weighted by atomic mass is 79.9. The van der Waals surface area contributed by atoms with E-state index in [9.17, 15) is 0 Å². The molecule has 3 rings (SSSR count). The van der Waals surface area contributed by atoms with Crippen molar-refractivity contribution in [2.75, 3.05) is 0 Å². The van der Waals surface area contributed by atoms with E-state index in [1.165, 1.54) is 23.1 Å². The topological polar surface area (TPSA) is 12.9 Å². The van der Waals surface area contributed by atoms with Crippen molar-refractivity contribution in [1.29, 1.82) is 0 Å². The molecule has 0 unspecified atom stereocenters. The van der Waals surface area contributed by atoms with Crippen molar-refractivity contribution in [2.24, 2.45) is 5.92 Å². The minimum Gasteiger partial charge on any atom is -0.253 e. The first-order chi connectivity index (χ1) is 7.22. The fourth-order valence-corrected chi connectivity index (χ4v) is 2.70. The summed E-state index contributed by atoms with van der Waals surface area (Å²) in [5.74, 6) is 0.757. The fourth-order valence-electron chi connectivity index (χ4n) is 2.36. The third-order valence-electron chi connectivity index (χ3n) is 3.06. The molecule has 0 radical (unpaired) electrons. The van der Waals surface area contributed by atoms with Crippen LogP contribution in [0, 0.1) is 5.92 Å². The first-order valence-corrected chi connectivity index (χ1v) is 6.10. The lowest BCUT2D eigenvalue weighted by Crippen LogP contribution is -1.90. The zero-order chi connectivity index (χ0) is 10.4. The molecule has 1 aromatic carbocycles. The zero-order valence-corrected chi connectivity index (χ0v) is 10.2. The van der Waals surface area contributed by atoms with Crippen LogP contribution in [0.15, 0.2) is 28.7 Å². The number of hydrogen-bond acceptors (Lipinski definition) is 1. The lowest BCUT2D eigenvalue weighted by molar-refractivity contribution is 0.624. The summed E-state index contributed by atoms with van der Waals surface area (Å²) in [7, 11) is 0. The van der Waals surface area contributed by atoms with Crippen molar-refractivity contribution in [3.8, 4) is 0 Å². The van der Waals surface area contributed by atoms with E-state index < -0.39 is 0 Å². The first kappa shape index (κ1) is 9.34. The van der Waals surface area contributed by atoms with Crippen molar-refractivity contribution in [3.05, 3.63) is 40.0 Å². The van der Waals surface area contributed by atoms with E-state index >= 15 is 0 Å². The number of hydrogen-bond donors (Lipinski definition) is 0. The summed E-state index contributed by atoms with van der Waals surface area (Å²) in [5.41, 5.74) is 3.85. The molecule has 0 aliphatic heterocycles. The highest BCUT2D eigenvalue weighted by Gasteiger charge is 2.19. The number of rotatable bonds is 0. The van der Waals surface area contributed by atoms with Gasteiger partial charge in [0, 0.05) is 15.6 Å². The predicted molar refractivity (Wildman–Crippen MR) is 66.0 cm³/mol. The van der Waals surface area contributed by atoms with Crippen LogP contribution in [-0.2, 0) is 12.8 Å². The number of aromatic nitrogens is 1. The molecule has 0 spiro atoms. The van der Waals surface area contributed by atoms with Crippen LogP contribution in [0.3, 0.4) is 0 Å². The van der Waals surface area contributed by atoms with Crippen LogP contribution in [0.5, 0.6) is 0 Å². The van der Waals surface area contributed by atoms with E-state index in [-0.39, 0.29) is 0 Å². The maximum absolute atomic E-state index is 4.74. The molecule has 0 bridgehead atoms. The van der Waals surface area contributed by atoms with Crippen LogP contribution in [-0.4, -0.2) is 4.98 Å². The van der Waals surface area contributed by atoms with Crippen LogP contribution in [0.25, 0.3) is 10.9 Å². The molecule has 1 aliphatic carbocycles. The minimum absolute atomic E-state index is 0.757. The van der Waals surface area contributed by atoms with E-state index in [1.54, 1.807) is 0 Å². The van der Waals surface area contributed by atoms with Crippen molar-refractivity contribution in [3.63, 3.8) is 0 Å². The van der Waals surface area contributed by atoms with Crippen molar-refractivity contribution in [1.82, 2.24) is 4.98 Å². The lowest BCUT2D eigenvalue weighted by atomic mass is 10.1. The molecule has 1 aliphatic rings. The third kappa shape index (κ3) is 1.57. The summed E-state index contributed by atoms with van der Waals surface area (Å²) in [5, 5.41) is 1.26. The minimum atomic E-state index is 0.757. The van der Waals surface area contributed by atoms with Crippen LogP contribution >= 0.6 is 15.9 Å². The third-order valence-corrected chi connectivity index (χ3v) is 3.55. The van der Waals surface area contributed by atoms with Gasteiger partial charge in [-0.3, -0.25) is 4.98 Å². The van der Waals surface area contributed by atoms with Gasteiger partial charge in [-0.1, -0.05) is 28.9 Å². The van der Waals surface area contributed by atoms with Crippen molar-refractivity contribution < 1.29 is 0 Å². The molecular formula is C13H12BrN. The van der Waals surface area contributed by atoms with E-state index in [2.05, 4.69) is 47.1 Å². The summed E-state index contributed by atoms with van der Waals surface area (Å²) >= 11 is 3.48. The second-order valence-electron chi connectivity index (χ2n) is 4.44. The summed E-state index contributed by atoms with van der Waals surface area (Å²) in [6.07, 6.45) is 2.33. The van der Waals surface area contributed by atoms with Gasteiger partial charge in [0.1, 0.15) is 0 Å². The Hall–Kier alpha value is -0.890. The molecule has 0 fully saturated rings. The Labute approximate surface area is 97.7 Å². The summed E-state index contributed by atoms with van der Waals surface area (Å²) < 4.78 is 1.11. The van der Waals surface area contributed by atoms with Crippen LogP contribution in [0.1, 0.15) is 18.2 Å². The largest absolute Gasteiger partial charge is 0.253 e. The van der Waals surface area contributed by atoms with Crippen molar-refractivity contribution >= 4 is 26.8 Å². The van der Waals surface area contributed by atoms with E-state index in [1.807, 2.05) is 0 Å². The molecule has 76 valence electrons. The molecular weight excluding hydrogens is 250 g/mol. The molecule has 1 heterocycles. The van der Waals surface area contributed by atoms with E-state index in [0.717, 1.165) is 22.3 Å². The first-order valence-electron chi connectivity index (χ1n) is 5.30. The maximum Gasteiger partial charge on any atom is 0.0716 e.